The fourth-order valence-electron chi connectivity index (χ4n) is 2.44. The van der Waals surface area contributed by atoms with E-state index in [0.717, 1.165) is 11.0 Å². The van der Waals surface area contributed by atoms with Crippen LogP contribution in [0.4, 0.5) is 0 Å². The summed E-state index contributed by atoms with van der Waals surface area (Å²) in [5, 5.41) is 11.3. The molecule has 0 saturated heterocycles. The van der Waals surface area contributed by atoms with Gasteiger partial charge in [0.1, 0.15) is 6.04 Å². The van der Waals surface area contributed by atoms with E-state index >= 15 is 0 Å². The van der Waals surface area contributed by atoms with Gasteiger partial charge in [-0.3, -0.25) is 0 Å². The third-order valence-electron chi connectivity index (χ3n) is 3.22. The number of rotatable bonds is 2. The van der Waals surface area contributed by atoms with Crippen molar-refractivity contribution in [2.45, 2.75) is 12.6 Å². The van der Waals surface area contributed by atoms with Crippen molar-refractivity contribution in [2.75, 3.05) is 0 Å². The molecule has 3 heteroatoms. The Labute approximate surface area is 105 Å². The maximum absolute atomic E-state index is 8.89. The molecule has 0 spiro atoms. The van der Waals surface area contributed by atoms with Crippen LogP contribution in [0.1, 0.15) is 0 Å². The van der Waals surface area contributed by atoms with E-state index in [2.05, 4.69) is 34.9 Å². The van der Waals surface area contributed by atoms with Gasteiger partial charge in [-0.15, -0.1) is 0 Å². The molecule has 3 nitrogen and oxygen atoms in total. The molecule has 1 heterocycles. The molecule has 2 aromatic carbocycles. The third kappa shape index (κ3) is 1.55. The lowest BCUT2D eigenvalue weighted by Crippen LogP contribution is -2.23. The Kier molecular flexibility index (Phi) is 2.51. The predicted molar refractivity (Wildman–Crippen MR) is 73.0 cm³/mol. The normalized spacial score (nSPS) is 12.7. The van der Waals surface area contributed by atoms with Crippen molar-refractivity contribution in [3.8, 4) is 6.07 Å². The summed E-state index contributed by atoms with van der Waals surface area (Å²) in [5.74, 6) is 0. The van der Waals surface area contributed by atoms with Gasteiger partial charge in [-0.1, -0.05) is 36.4 Å². The van der Waals surface area contributed by atoms with Crippen LogP contribution < -0.4 is 5.73 Å². The van der Waals surface area contributed by atoms with Gasteiger partial charge in [-0.25, -0.2) is 0 Å². The van der Waals surface area contributed by atoms with Gasteiger partial charge >= 0.3 is 0 Å². The van der Waals surface area contributed by atoms with Gasteiger partial charge in [0, 0.05) is 21.8 Å². The van der Waals surface area contributed by atoms with Crippen molar-refractivity contribution in [3.05, 3.63) is 48.5 Å². The lowest BCUT2D eigenvalue weighted by Gasteiger charge is -2.08. The van der Waals surface area contributed by atoms with Crippen molar-refractivity contribution in [2.24, 2.45) is 5.73 Å². The molecular formula is C15H13N3. The summed E-state index contributed by atoms with van der Waals surface area (Å²) in [6.45, 7) is 0.518. The fraction of sp³-hybridized carbons (Fsp3) is 0.133. The van der Waals surface area contributed by atoms with Gasteiger partial charge in [-0.05, 0) is 12.1 Å². The van der Waals surface area contributed by atoms with E-state index in [9.17, 15) is 0 Å². The molecule has 0 aliphatic heterocycles. The molecule has 0 bridgehead atoms. The van der Waals surface area contributed by atoms with Crippen molar-refractivity contribution in [3.63, 3.8) is 0 Å². The first kappa shape index (κ1) is 10.8. The highest BCUT2D eigenvalue weighted by molar-refractivity contribution is 6.07. The van der Waals surface area contributed by atoms with Crippen molar-refractivity contribution < 1.29 is 0 Å². The molecule has 0 aliphatic rings. The minimum Gasteiger partial charge on any atom is -0.338 e. The summed E-state index contributed by atoms with van der Waals surface area (Å²) in [6, 6.07) is 18.0. The summed E-state index contributed by atoms with van der Waals surface area (Å²) >= 11 is 0. The minimum atomic E-state index is -0.482. The Morgan fingerprint density at radius 3 is 2.00 bits per heavy atom. The first-order valence-corrected chi connectivity index (χ1v) is 5.92. The van der Waals surface area contributed by atoms with Crippen molar-refractivity contribution in [1.29, 1.82) is 5.26 Å². The van der Waals surface area contributed by atoms with Crippen LogP contribution in [0.25, 0.3) is 21.8 Å². The zero-order valence-corrected chi connectivity index (χ0v) is 9.88. The molecule has 0 fully saturated rings. The molecule has 0 saturated carbocycles. The van der Waals surface area contributed by atoms with Crippen LogP contribution in [0.3, 0.4) is 0 Å². The molecule has 18 heavy (non-hydrogen) atoms. The van der Waals surface area contributed by atoms with Crippen LogP contribution in [0.5, 0.6) is 0 Å². The second-order valence-corrected chi connectivity index (χ2v) is 4.38. The summed E-state index contributed by atoms with van der Waals surface area (Å²) in [7, 11) is 0. The van der Waals surface area contributed by atoms with Crippen LogP contribution in [-0.4, -0.2) is 10.6 Å². The van der Waals surface area contributed by atoms with E-state index in [1.807, 2.05) is 24.3 Å². The topological polar surface area (TPSA) is 54.7 Å². The number of fused-ring (bicyclic) bond motifs is 3. The Bertz CT molecular complexity index is 696. The molecular weight excluding hydrogens is 222 g/mol. The molecule has 1 atom stereocenters. The standard InChI is InChI=1S/C15H13N3/c16-9-11(17)10-18-14-7-3-1-5-12(14)13-6-2-4-8-15(13)18/h1-8,11H,10,17H2. The molecule has 0 radical (unpaired) electrons. The lowest BCUT2D eigenvalue weighted by atomic mass is 10.2. The third-order valence-corrected chi connectivity index (χ3v) is 3.22. The van der Waals surface area contributed by atoms with Gasteiger partial charge in [-0.2, -0.15) is 5.26 Å². The van der Waals surface area contributed by atoms with Gasteiger partial charge in [0.25, 0.3) is 0 Å². The van der Waals surface area contributed by atoms with Gasteiger partial charge in [0.05, 0.1) is 12.6 Å². The highest BCUT2D eigenvalue weighted by Gasteiger charge is 2.11. The van der Waals surface area contributed by atoms with Crippen LogP contribution in [-0.2, 0) is 6.54 Å². The quantitative estimate of drug-likeness (QED) is 0.742. The first-order valence-electron chi connectivity index (χ1n) is 5.92. The number of nitriles is 1. The molecule has 0 aliphatic carbocycles. The van der Waals surface area contributed by atoms with Gasteiger partial charge in [0.15, 0.2) is 0 Å². The number of hydrogen-bond acceptors (Lipinski definition) is 2. The SMILES string of the molecule is N#CC(N)Cn1c2ccccc2c2ccccc21. The Balaban J connectivity index is 2.35. The molecule has 0 amide bonds. The summed E-state index contributed by atoms with van der Waals surface area (Å²) in [6.07, 6.45) is 0. The van der Waals surface area contributed by atoms with E-state index in [0.29, 0.717) is 6.54 Å². The minimum absolute atomic E-state index is 0.482. The number of nitrogens with two attached hydrogens (primary N) is 1. The lowest BCUT2D eigenvalue weighted by molar-refractivity contribution is 0.673. The largest absolute Gasteiger partial charge is 0.338 e. The highest BCUT2D eigenvalue weighted by atomic mass is 15.0. The summed E-state index contributed by atoms with van der Waals surface area (Å²) < 4.78 is 2.12. The van der Waals surface area contributed by atoms with Gasteiger partial charge < -0.3 is 10.3 Å². The molecule has 1 unspecified atom stereocenters. The van der Waals surface area contributed by atoms with Gasteiger partial charge in [0.2, 0.25) is 0 Å². The first-order chi connectivity index (χ1) is 8.81. The molecule has 88 valence electrons. The smallest absolute Gasteiger partial charge is 0.111 e. The Hall–Kier alpha value is -2.31. The average Bonchev–Trinajstić information content (AvgIpc) is 2.74. The Morgan fingerprint density at radius 2 is 1.50 bits per heavy atom. The summed E-state index contributed by atoms with van der Waals surface area (Å²) in [4.78, 5) is 0. The van der Waals surface area contributed by atoms with Crippen LogP contribution >= 0.6 is 0 Å². The monoisotopic (exact) mass is 235 g/mol. The summed E-state index contributed by atoms with van der Waals surface area (Å²) in [5.41, 5.74) is 8.02. The van der Waals surface area contributed by atoms with E-state index < -0.39 is 6.04 Å². The maximum Gasteiger partial charge on any atom is 0.111 e. The van der Waals surface area contributed by atoms with E-state index in [1.165, 1.54) is 10.8 Å². The number of nitrogens with zero attached hydrogens (tertiary/aromatic N) is 2. The molecule has 3 rings (SSSR count). The van der Waals surface area contributed by atoms with Crippen LogP contribution in [0, 0.1) is 11.3 Å². The zero-order valence-electron chi connectivity index (χ0n) is 9.88. The molecule has 2 N–H and O–H groups in total. The highest BCUT2D eigenvalue weighted by Crippen LogP contribution is 2.28. The predicted octanol–water partition coefficient (Wildman–Crippen LogP) is 2.65. The average molecular weight is 235 g/mol. The number of hydrogen-bond donors (Lipinski definition) is 1. The Morgan fingerprint density at radius 1 is 1.00 bits per heavy atom. The molecule has 1 aromatic heterocycles. The van der Waals surface area contributed by atoms with Crippen molar-refractivity contribution >= 4 is 21.8 Å². The van der Waals surface area contributed by atoms with E-state index in [1.54, 1.807) is 0 Å². The fourth-order valence-corrected chi connectivity index (χ4v) is 2.44. The van der Waals surface area contributed by atoms with Crippen LogP contribution in [0.2, 0.25) is 0 Å². The van der Waals surface area contributed by atoms with E-state index in [4.69, 9.17) is 11.0 Å². The second-order valence-electron chi connectivity index (χ2n) is 4.38. The maximum atomic E-state index is 8.89. The number of aromatic nitrogens is 1. The number of benzene rings is 2. The van der Waals surface area contributed by atoms with E-state index in [-0.39, 0.29) is 0 Å². The van der Waals surface area contributed by atoms with Crippen molar-refractivity contribution in [1.82, 2.24) is 4.57 Å². The van der Waals surface area contributed by atoms with Crippen LogP contribution in [0.15, 0.2) is 48.5 Å². The molecule has 3 aromatic rings. The number of para-hydroxylation sites is 2. The zero-order chi connectivity index (χ0) is 12.5. The second kappa shape index (κ2) is 4.17.